The van der Waals surface area contributed by atoms with Crippen molar-refractivity contribution in [2.75, 3.05) is 0 Å². The molecule has 0 saturated carbocycles. The largest absolute Gasteiger partial charge is 0.476 e. The molecule has 88 valence electrons. The lowest BCUT2D eigenvalue weighted by Gasteiger charge is -2.04. The summed E-state index contributed by atoms with van der Waals surface area (Å²) < 4.78 is 1.34. The normalized spacial score (nSPS) is 10.5. The third kappa shape index (κ3) is 2.04. The summed E-state index contributed by atoms with van der Waals surface area (Å²) in [6.45, 7) is 3.70. The molecule has 1 N–H and O–H groups in total. The zero-order valence-corrected chi connectivity index (χ0v) is 9.71. The van der Waals surface area contributed by atoms with Gasteiger partial charge in [-0.3, -0.25) is 0 Å². The molecule has 0 aliphatic rings. The summed E-state index contributed by atoms with van der Waals surface area (Å²) >= 11 is 0. The summed E-state index contributed by atoms with van der Waals surface area (Å²) in [6, 6.07) is 7.61. The van der Waals surface area contributed by atoms with E-state index in [-0.39, 0.29) is 5.69 Å². The standard InChI is InChI=1S/C12H13N3O2/c1-3-9-4-6-10(7-5-9)15-11(12(16)17)8(2)13-14-15/h4-7H,3H2,1-2H3,(H,16,17). The third-order valence-electron chi connectivity index (χ3n) is 2.63. The molecule has 5 nitrogen and oxygen atoms in total. The summed E-state index contributed by atoms with van der Waals surface area (Å²) in [5.41, 5.74) is 2.42. The van der Waals surface area contributed by atoms with Crippen LogP contribution in [-0.4, -0.2) is 26.1 Å². The lowest BCUT2D eigenvalue weighted by Crippen LogP contribution is -2.09. The van der Waals surface area contributed by atoms with Gasteiger partial charge < -0.3 is 5.11 Å². The second-order valence-corrected chi connectivity index (χ2v) is 3.76. The zero-order chi connectivity index (χ0) is 12.4. The molecular weight excluding hydrogens is 218 g/mol. The van der Waals surface area contributed by atoms with E-state index in [0.717, 1.165) is 6.42 Å². The van der Waals surface area contributed by atoms with E-state index in [2.05, 4.69) is 17.2 Å². The van der Waals surface area contributed by atoms with Gasteiger partial charge in [-0.25, -0.2) is 9.48 Å². The predicted molar refractivity (Wildman–Crippen MR) is 62.4 cm³/mol. The molecule has 5 heteroatoms. The summed E-state index contributed by atoms with van der Waals surface area (Å²) in [5, 5.41) is 16.7. The van der Waals surface area contributed by atoms with Gasteiger partial charge in [0.1, 0.15) is 0 Å². The van der Waals surface area contributed by atoms with Gasteiger partial charge in [0.25, 0.3) is 0 Å². The SMILES string of the molecule is CCc1ccc(-n2nnc(C)c2C(=O)O)cc1. The van der Waals surface area contributed by atoms with Crippen LogP contribution >= 0.6 is 0 Å². The summed E-state index contributed by atoms with van der Waals surface area (Å²) in [6.07, 6.45) is 0.947. The maximum Gasteiger partial charge on any atom is 0.356 e. The molecule has 2 aromatic rings. The number of hydrogen-bond donors (Lipinski definition) is 1. The second kappa shape index (κ2) is 4.37. The number of carboxylic acid groups (broad SMARTS) is 1. The highest BCUT2D eigenvalue weighted by Gasteiger charge is 2.17. The van der Waals surface area contributed by atoms with Crippen LogP contribution in [-0.2, 0) is 6.42 Å². The lowest BCUT2D eigenvalue weighted by molar-refractivity contribution is 0.0686. The number of aryl methyl sites for hydroxylation is 2. The van der Waals surface area contributed by atoms with E-state index >= 15 is 0 Å². The minimum absolute atomic E-state index is 0.106. The third-order valence-corrected chi connectivity index (χ3v) is 2.63. The topological polar surface area (TPSA) is 68.0 Å². The Balaban J connectivity index is 2.49. The van der Waals surface area contributed by atoms with Gasteiger partial charge in [-0.05, 0) is 31.0 Å². The van der Waals surface area contributed by atoms with Crippen molar-refractivity contribution in [1.82, 2.24) is 15.0 Å². The Labute approximate surface area is 98.7 Å². The summed E-state index contributed by atoms with van der Waals surface area (Å²) in [7, 11) is 0. The molecule has 0 aliphatic heterocycles. The van der Waals surface area contributed by atoms with Crippen LogP contribution in [0.5, 0.6) is 0 Å². The van der Waals surface area contributed by atoms with E-state index < -0.39 is 5.97 Å². The van der Waals surface area contributed by atoms with Crippen molar-refractivity contribution in [1.29, 1.82) is 0 Å². The number of aromatic nitrogens is 3. The Morgan fingerprint density at radius 3 is 2.53 bits per heavy atom. The number of benzene rings is 1. The molecule has 0 atom stereocenters. The first kappa shape index (κ1) is 11.3. The highest BCUT2D eigenvalue weighted by Crippen LogP contribution is 2.13. The number of hydrogen-bond acceptors (Lipinski definition) is 3. The first-order valence-corrected chi connectivity index (χ1v) is 5.38. The predicted octanol–water partition coefficient (Wildman–Crippen LogP) is 1.84. The van der Waals surface area contributed by atoms with Gasteiger partial charge in [-0.2, -0.15) is 0 Å². The molecule has 0 unspecified atom stereocenters. The number of carbonyl (C=O) groups is 1. The number of rotatable bonds is 3. The van der Waals surface area contributed by atoms with Crippen molar-refractivity contribution < 1.29 is 9.90 Å². The van der Waals surface area contributed by atoms with Crippen LogP contribution < -0.4 is 0 Å². The fraction of sp³-hybridized carbons (Fsp3) is 0.250. The molecule has 2 rings (SSSR count). The van der Waals surface area contributed by atoms with E-state index in [1.54, 1.807) is 6.92 Å². The summed E-state index contributed by atoms with van der Waals surface area (Å²) in [5.74, 6) is -1.02. The quantitative estimate of drug-likeness (QED) is 0.875. The van der Waals surface area contributed by atoms with Crippen LogP contribution in [0.25, 0.3) is 5.69 Å². The Morgan fingerprint density at radius 1 is 1.35 bits per heavy atom. The van der Waals surface area contributed by atoms with Gasteiger partial charge >= 0.3 is 5.97 Å². The number of aromatic carboxylic acids is 1. The molecule has 0 aliphatic carbocycles. The Bertz CT molecular complexity index is 543. The molecule has 0 saturated heterocycles. The van der Waals surface area contributed by atoms with Gasteiger partial charge in [-0.1, -0.05) is 24.3 Å². The molecule has 0 spiro atoms. The average Bonchev–Trinajstić information content (AvgIpc) is 2.71. The molecular formula is C12H13N3O2. The zero-order valence-electron chi connectivity index (χ0n) is 9.71. The molecule has 17 heavy (non-hydrogen) atoms. The van der Waals surface area contributed by atoms with Crippen LogP contribution in [0.4, 0.5) is 0 Å². The van der Waals surface area contributed by atoms with Crippen molar-refractivity contribution in [2.24, 2.45) is 0 Å². The second-order valence-electron chi connectivity index (χ2n) is 3.76. The van der Waals surface area contributed by atoms with E-state index in [1.807, 2.05) is 24.3 Å². The average molecular weight is 231 g/mol. The molecule has 1 aromatic heterocycles. The van der Waals surface area contributed by atoms with Gasteiger partial charge in [0.2, 0.25) is 0 Å². The van der Waals surface area contributed by atoms with E-state index in [9.17, 15) is 4.79 Å². The summed E-state index contributed by atoms with van der Waals surface area (Å²) in [4.78, 5) is 11.1. The number of nitrogens with zero attached hydrogens (tertiary/aromatic N) is 3. The first-order chi connectivity index (χ1) is 8.13. The van der Waals surface area contributed by atoms with Crippen molar-refractivity contribution in [2.45, 2.75) is 20.3 Å². The smallest absolute Gasteiger partial charge is 0.356 e. The highest BCUT2D eigenvalue weighted by molar-refractivity contribution is 5.87. The van der Waals surface area contributed by atoms with Crippen LogP contribution in [0.15, 0.2) is 24.3 Å². The first-order valence-electron chi connectivity index (χ1n) is 5.38. The van der Waals surface area contributed by atoms with Crippen molar-refractivity contribution in [3.8, 4) is 5.69 Å². The van der Waals surface area contributed by atoms with Crippen molar-refractivity contribution >= 4 is 5.97 Å². The van der Waals surface area contributed by atoms with Gasteiger partial charge in [-0.15, -0.1) is 5.10 Å². The van der Waals surface area contributed by atoms with Gasteiger partial charge in [0.05, 0.1) is 11.4 Å². The molecule has 1 heterocycles. The fourth-order valence-corrected chi connectivity index (χ4v) is 1.66. The van der Waals surface area contributed by atoms with Crippen molar-refractivity contribution in [3.05, 3.63) is 41.2 Å². The molecule has 1 aromatic carbocycles. The molecule has 0 fully saturated rings. The van der Waals surface area contributed by atoms with Crippen molar-refractivity contribution in [3.63, 3.8) is 0 Å². The minimum Gasteiger partial charge on any atom is -0.476 e. The molecule has 0 amide bonds. The Morgan fingerprint density at radius 2 is 2.00 bits per heavy atom. The van der Waals surface area contributed by atoms with Gasteiger partial charge in [0.15, 0.2) is 5.69 Å². The fourth-order valence-electron chi connectivity index (χ4n) is 1.66. The van der Waals surface area contributed by atoms with Crippen LogP contribution in [0.1, 0.15) is 28.7 Å². The monoisotopic (exact) mass is 231 g/mol. The Hall–Kier alpha value is -2.17. The maximum absolute atomic E-state index is 11.1. The van der Waals surface area contributed by atoms with Crippen LogP contribution in [0.2, 0.25) is 0 Å². The highest BCUT2D eigenvalue weighted by atomic mass is 16.4. The minimum atomic E-state index is -1.02. The Kier molecular flexibility index (Phi) is 2.91. The van der Waals surface area contributed by atoms with E-state index in [0.29, 0.717) is 11.4 Å². The van der Waals surface area contributed by atoms with Gasteiger partial charge in [0, 0.05) is 0 Å². The maximum atomic E-state index is 11.1. The van der Waals surface area contributed by atoms with Crippen LogP contribution in [0, 0.1) is 6.92 Å². The van der Waals surface area contributed by atoms with Crippen LogP contribution in [0.3, 0.4) is 0 Å². The lowest BCUT2D eigenvalue weighted by atomic mass is 10.1. The van der Waals surface area contributed by atoms with E-state index in [1.165, 1.54) is 10.2 Å². The molecule has 0 bridgehead atoms. The van der Waals surface area contributed by atoms with E-state index in [4.69, 9.17) is 5.11 Å². The number of carboxylic acids is 1. The molecule has 0 radical (unpaired) electrons.